The van der Waals surface area contributed by atoms with Crippen LogP contribution in [0.25, 0.3) is 0 Å². The molecule has 0 bridgehead atoms. The highest BCUT2D eigenvalue weighted by Gasteiger charge is 2.70. The first-order chi connectivity index (χ1) is 8.64. The van der Waals surface area contributed by atoms with Gasteiger partial charge < -0.3 is 5.73 Å². The van der Waals surface area contributed by atoms with E-state index in [2.05, 4.69) is 5.10 Å². The maximum Gasteiger partial charge on any atom is 0.714 e. The number of nitrogens with zero attached hydrogens (tertiary/aromatic N) is 5. The van der Waals surface area contributed by atoms with E-state index in [0.29, 0.717) is 0 Å². The molecule has 0 aliphatic carbocycles. The second kappa shape index (κ2) is 5.95. The Labute approximate surface area is 101 Å². The fraction of sp³-hybridized carbons (Fsp3) is 0.667. The predicted octanol–water partition coefficient (Wildman–Crippen LogP) is -2.93. The molecule has 0 saturated carbocycles. The third kappa shape index (κ3) is 3.66. The summed E-state index contributed by atoms with van der Waals surface area (Å²) in [4.78, 5) is 36.0. The highest BCUT2D eigenvalue weighted by Crippen LogP contribution is 2.10. The minimum Gasteiger partial charge on any atom is -0.364 e. The van der Waals surface area contributed by atoms with Crippen molar-refractivity contribution >= 4 is 5.96 Å². The molecule has 0 atom stereocenters. The van der Waals surface area contributed by atoms with Crippen molar-refractivity contribution in [1.29, 1.82) is 0 Å². The zero-order chi connectivity index (χ0) is 15.2. The summed E-state index contributed by atoms with van der Waals surface area (Å²) in [5.74, 6) is -4.67. The van der Waals surface area contributed by atoms with Crippen molar-refractivity contribution in [3.8, 4) is 0 Å². The average molecular weight is 282 g/mol. The van der Waals surface area contributed by atoms with Crippen LogP contribution in [0.15, 0.2) is 5.10 Å². The van der Waals surface area contributed by atoms with Crippen molar-refractivity contribution in [2.75, 3.05) is 6.54 Å². The lowest BCUT2D eigenvalue weighted by Gasteiger charge is -2.09. The van der Waals surface area contributed by atoms with Gasteiger partial charge in [-0.3, -0.25) is 35.8 Å². The molecule has 0 aromatic carbocycles. The predicted molar refractivity (Wildman–Crippen MR) is 53.5 cm³/mol. The number of nitrogens with one attached hydrogen (secondary N) is 2. The smallest absolute Gasteiger partial charge is 0.364 e. The third-order valence-corrected chi connectivity index (χ3v) is 1.61. The maximum atomic E-state index is 10.4. The van der Waals surface area contributed by atoms with Gasteiger partial charge in [0.1, 0.15) is 5.10 Å². The Morgan fingerprint density at radius 3 is 1.79 bits per heavy atom. The van der Waals surface area contributed by atoms with Crippen molar-refractivity contribution in [2.45, 2.75) is 5.79 Å². The average Bonchev–Trinajstić information content (AvgIpc) is 2.21. The van der Waals surface area contributed by atoms with Gasteiger partial charge in [0.2, 0.25) is 6.54 Å². The van der Waals surface area contributed by atoms with Crippen molar-refractivity contribution in [1.82, 2.24) is 10.9 Å². The summed E-state index contributed by atoms with van der Waals surface area (Å²) in [6.07, 6.45) is 0. The minimum absolute atomic E-state index is 0.908. The zero-order valence-corrected chi connectivity index (χ0v) is 8.79. The lowest BCUT2D eigenvalue weighted by atomic mass is 10.4. The van der Waals surface area contributed by atoms with Gasteiger partial charge in [-0.05, 0) is 0 Å². The molecule has 0 aliphatic rings. The number of nitrogens with two attached hydrogens (primary N) is 1. The van der Waals surface area contributed by atoms with Crippen LogP contribution >= 0.6 is 0 Å². The third-order valence-electron chi connectivity index (χ3n) is 1.61. The lowest BCUT2D eigenvalue weighted by molar-refractivity contribution is -0.966. The Hall–Kier alpha value is -3.17. The van der Waals surface area contributed by atoms with Gasteiger partial charge in [-0.25, -0.2) is 15.5 Å². The molecule has 0 radical (unpaired) electrons. The molecule has 0 amide bonds. The van der Waals surface area contributed by atoms with Crippen molar-refractivity contribution < 1.29 is 19.8 Å². The second-order valence-corrected chi connectivity index (χ2v) is 2.75. The number of rotatable bonds is 7. The van der Waals surface area contributed by atoms with Gasteiger partial charge in [-0.1, -0.05) is 0 Å². The van der Waals surface area contributed by atoms with Crippen LogP contribution in [-0.2, 0) is 0 Å². The van der Waals surface area contributed by atoms with Gasteiger partial charge in [0.05, 0.1) is 0 Å². The van der Waals surface area contributed by atoms with E-state index in [-0.39, 0.29) is 0 Å². The van der Waals surface area contributed by atoms with E-state index in [1.165, 1.54) is 0 Å². The van der Waals surface area contributed by atoms with Gasteiger partial charge in [0, 0.05) is 0 Å². The van der Waals surface area contributed by atoms with Crippen LogP contribution in [0.2, 0.25) is 0 Å². The molecule has 19 heavy (non-hydrogen) atoms. The van der Waals surface area contributed by atoms with Crippen molar-refractivity contribution in [3.05, 3.63) is 40.5 Å². The van der Waals surface area contributed by atoms with E-state index >= 15 is 0 Å². The molecule has 0 unspecified atom stereocenters. The number of guanidine groups is 1. The molecule has 0 saturated heterocycles. The molecule has 0 aromatic heterocycles. The van der Waals surface area contributed by atoms with E-state index in [4.69, 9.17) is 5.73 Å². The summed E-state index contributed by atoms with van der Waals surface area (Å²) >= 11 is 0. The number of hydrazone groups is 1. The van der Waals surface area contributed by atoms with Crippen molar-refractivity contribution in [2.24, 2.45) is 10.8 Å². The van der Waals surface area contributed by atoms with Gasteiger partial charge in [0.25, 0.3) is 5.96 Å². The first kappa shape index (κ1) is 15.8. The number of hydrazine groups is 1. The summed E-state index contributed by atoms with van der Waals surface area (Å²) in [6.45, 7) is -1.44. The topological polar surface area (TPSA) is 235 Å². The molecule has 0 aromatic rings. The minimum atomic E-state index is -3.76. The largest absolute Gasteiger partial charge is 0.714 e. The Balaban J connectivity index is 4.89. The van der Waals surface area contributed by atoms with Crippen molar-refractivity contribution in [3.63, 3.8) is 0 Å². The van der Waals surface area contributed by atoms with Crippen LogP contribution in [0.3, 0.4) is 0 Å². The van der Waals surface area contributed by atoms with E-state index in [1.807, 2.05) is 0 Å². The fourth-order valence-corrected chi connectivity index (χ4v) is 0.760. The van der Waals surface area contributed by atoms with Gasteiger partial charge in [-0.2, -0.15) is 0 Å². The Morgan fingerprint density at radius 2 is 1.47 bits per heavy atom. The number of hydrogen-bond acceptors (Lipinski definition) is 9. The molecule has 0 aliphatic heterocycles. The van der Waals surface area contributed by atoms with E-state index in [1.54, 1.807) is 10.9 Å². The Morgan fingerprint density at radius 1 is 1.05 bits per heavy atom. The first-order valence-electron chi connectivity index (χ1n) is 4.05. The molecule has 16 nitrogen and oxygen atoms in total. The maximum absolute atomic E-state index is 10.4. The van der Waals surface area contributed by atoms with E-state index in [0.717, 1.165) is 0 Å². The SMILES string of the molecule is NC(=N[N+](=O)[O-])NNCC([N+](=O)[O-])([N+](=O)[O-])[N+](=O)[O-]. The summed E-state index contributed by atoms with van der Waals surface area (Å²) in [7, 11) is 0. The molecule has 16 heteroatoms. The summed E-state index contributed by atoms with van der Waals surface area (Å²) < 4.78 is 0. The molecular weight excluding hydrogens is 276 g/mol. The molecule has 4 N–H and O–H groups in total. The summed E-state index contributed by atoms with van der Waals surface area (Å²) in [5.41, 5.74) is 8.15. The lowest BCUT2D eigenvalue weighted by Crippen LogP contribution is -2.62. The monoisotopic (exact) mass is 282 g/mol. The molecule has 0 rings (SSSR count). The molecule has 0 heterocycles. The molecule has 106 valence electrons. The fourth-order valence-electron chi connectivity index (χ4n) is 0.760. The first-order valence-corrected chi connectivity index (χ1v) is 4.05. The molecule has 0 spiro atoms. The Kier molecular flexibility index (Phi) is 4.96. The quantitative estimate of drug-likeness (QED) is 0.140. The van der Waals surface area contributed by atoms with Crippen LogP contribution in [-0.4, -0.2) is 38.1 Å². The standard InChI is InChI=1S/C3H6N8O8/c4-2(7-11(18)19)6-5-1-3(8(12)13,9(14)15)10(16)17/h5H,1H2,(H3,4,6,7). The number of hydrogen-bond donors (Lipinski definition) is 3. The van der Waals surface area contributed by atoms with Crippen LogP contribution in [0.1, 0.15) is 0 Å². The highest BCUT2D eigenvalue weighted by atomic mass is 16.7. The normalized spacial score (nSPS) is 11.7. The zero-order valence-electron chi connectivity index (χ0n) is 8.79. The van der Waals surface area contributed by atoms with E-state index < -0.39 is 38.1 Å². The van der Waals surface area contributed by atoms with Crippen LogP contribution in [0.5, 0.6) is 0 Å². The highest BCUT2D eigenvalue weighted by molar-refractivity contribution is 5.76. The van der Waals surface area contributed by atoms with Crippen LogP contribution in [0.4, 0.5) is 0 Å². The molecular formula is C3H6N8O8. The van der Waals surface area contributed by atoms with Crippen LogP contribution in [0, 0.1) is 40.5 Å². The van der Waals surface area contributed by atoms with E-state index in [9.17, 15) is 40.5 Å². The second-order valence-electron chi connectivity index (χ2n) is 2.75. The van der Waals surface area contributed by atoms with Gasteiger partial charge in [-0.15, -0.1) is 0 Å². The summed E-state index contributed by atoms with van der Waals surface area (Å²) in [5, 5.41) is 42.4. The van der Waals surface area contributed by atoms with Gasteiger partial charge >= 0.3 is 5.79 Å². The van der Waals surface area contributed by atoms with Crippen LogP contribution < -0.4 is 16.6 Å². The molecule has 0 fully saturated rings. The Bertz CT molecular complexity index is 407. The summed E-state index contributed by atoms with van der Waals surface area (Å²) in [6, 6.07) is 0. The van der Waals surface area contributed by atoms with Gasteiger partial charge in [0.15, 0.2) is 19.8 Å². The number of nitro groups is 4.